The van der Waals surface area contributed by atoms with Crippen molar-refractivity contribution in [2.45, 2.75) is 18.8 Å². The van der Waals surface area contributed by atoms with Gasteiger partial charge in [0.25, 0.3) is 0 Å². The summed E-state index contributed by atoms with van der Waals surface area (Å²) < 4.78 is 6.91. The number of carbonyl (C=O) groups excluding carboxylic acids is 1. The summed E-state index contributed by atoms with van der Waals surface area (Å²) in [6.07, 6.45) is 1.93. The highest BCUT2D eigenvalue weighted by atomic mass is 32.2. The second kappa shape index (κ2) is 7.14. The Hall–Kier alpha value is -1.86. The number of benzene rings is 1. The molecule has 1 aromatic carbocycles. The number of rotatable bonds is 6. The standard InChI is InChI=1S/C16H20N4O2S/c1-12-4-3-5-13(8-12)9-19-10-14(17-18-19)16-20(6-7-22-2)15(21)11-23-16/h3-5,8,10,16H,6-7,9,11H2,1-2H3. The van der Waals surface area contributed by atoms with Crippen LogP contribution in [0.4, 0.5) is 0 Å². The number of hydrogen-bond donors (Lipinski definition) is 0. The average Bonchev–Trinajstić information content (AvgIpc) is 3.12. The van der Waals surface area contributed by atoms with Crippen LogP contribution in [-0.4, -0.2) is 51.8 Å². The van der Waals surface area contributed by atoms with Gasteiger partial charge in [0.1, 0.15) is 11.1 Å². The fourth-order valence-corrected chi connectivity index (χ4v) is 3.78. The lowest BCUT2D eigenvalue weighted by atomic mass is 10.1. The molecule has 0 bridgehead atoms. The topological polar surface area (TPSA) is 60.2 Å². The van der Waals surface area contributed by atoms with E-state index in [9.17, 15) is 4.79 Å². The van der Waals surface area contributed by atoms with Crippen LogP contribution in [0.25, 0.3) is 0 Å². The number of ether oxygens (including phenoxy) is 1. The van der Waals surface area contributed by atoms with Crippen molar-refractivity contribution in [2.24, 2.45) is 0 Å². The van der Waals surface area contributed by atoms with E-state index in [0.717, 1.165) is 5.69 Å². The van der Waals surface area contributed by atoms with Crippen molar-refractivity contribution in [1.29, 1.82) is 0 Å². The van der Waals surface area contributed by atoms with Crippen molar-refractivity contribution >= 4 is 17.7 Å². The highest BCUT2D eigenvalue weighted by Crippen LogP contribution is 2.37. The first kappa shape index (κ1) is 16.0. The van der Waals surface area contributed by atoms with Gasteiger partial charge in [-0.25, -0.2) is 4.68 Å². The van der Waals surface area contributed by atoms with E-state index in [2.05, 4.69) is 35.4 Å². The minimum Gasteiger partial charge on any atom is -0.383 e. The second-order valence-electron chi connectivity index (χ2n) is 5.57. The van der Waals surface area contributed by atoms with E-state index in [1.807, 2.05) is 21.8 Å². The van der Waals surface area contributed by atoms with E-state index in [-0.39, 0.29) is 11.3 Å². The Kier molecular flexibility index (Phi) is 4.97. The molecule has 2 aromatic rings. The van der Waals surface area contributed by atoms with E-state index in [0.29, 0.717) is 25.4 Å². The van der Waals surface area contributed by atoms with E-state index in [4.69, 9.17) is 4.74 Å². The van der Waals surface area contributed by atoms with E-state index in [1.54, 1.807) is 18.9 Å². The third-order valence-corrected chi connectivity index (χ3v) is 4.97. The number of aromatic nitrogens is 3. The largest absolute Gasteiger partial charge is 0.383 e. The number of thioether (sulfide) groups is 1. The van der Waals surface area contributed by atoms with Gasteiger partial charge >= 0.3 is 0 Å². The summed E-state index contributed by atoms with van der Waals surface area (Å²) in [4.78, 5) is 13.8. The zero-order valence-electron chi connectivity index (χ0n) is 13.3. The number of carbonyl (C=O) groups is 1. The van der Waals surface area contributed by atoms with Gasteiger partial charge in [-0.15, -0.1) is 16.9 Å². The van der Waals surface area contributed by atoms with Crippen LogP contribution in [0.3, 0.4) is 0 Å². The zero-order chi connectivity index (χ0) is 16.2. The SMILES string of the molecule is COCCN1C(=O)CSC1c1cn(Cc2cccc(C)c2)nn1. The van der Waals surface area contributed by atoms with Crippen LogP contribution >= 0.6 is 11.8 Å². The summed E-state index contributed by atoms with van der Waals surface area (Å²) >= 11 is 1.59. The molecule has 1 aromatic heterocycles. The molecule has 122 valence electrons. The van der Waals surface area contributed by atoms with Gasteiger partial charge < -0.3 is 9.64 Å². The van der Waals surface area contributed by atoms with Gasteiger partial charge in [0, 0.05) is 13.7 Å². The Bertz CT molecular complexity index is 688. The minimum atomic E-state index is -0.0658. The molecule has 1 aliphatic rings. The van der Waals surface area contributed by atoms with Gasteiger partial charge in [-0.1, -0.05) is 35.0 Å². The summed E-state index contributed by atoms with van der Waals surface area (Å²) in [5.74, 6) is 0.615. The molecule has 1 fully saturated rings. The molecule has 0 radical (unpaired) electrons. The maximum Gasteiger partial charge on any atom is 0.233 e. The summed E-state index contributed by atoms with van der Waals surface area (Å²) in [6, 6.07) is 8.33. The molecule has 0 saturated carbocycles. The fraction of sp³-hybridized carbons (Fsp3) is 0.438. The third kappa shape index (κ3) is 3.73. The van der Waals surface area contributed by atoms with Crippen LogP contribution in [0.5, 0.6) is 0 Å². The number of methoxy groups -OCH3 is 1. The molecule has 1 atom stereocenters. The highest BCUT2D eigenvalue weighted by molar-refractivity contribution is 8.00. The third-order valence-electron chi connectivity index (χ3n) is 3.74. The number of amides is 1. The van der Waals surface area contributed by atoms with Gasteiger partial charge in [0.15, 0.2) is 0 Å². The molecular weight excluding hydrogens is 312 g/mol. The van der Waals surface area contributed by atoms with Crippen molar-refractivity contribution < 1.29 is 9.53 Å². The van der Waals surface area contributed by atoms with Gasteiger partial charge in [-0.3, -0.25) is 4.79 Å². The second-order valence-corrected chi connectivity index (χ2v) is 6.64. The first-order valence-corrected chi connectivity index (χ1v) is 8.58. The lowest BCUT2D eigenvalue weighted by molar-refractivity contribution is -0.128. The molecule has 1 unspecified atom stereocenters. The maximum atomic E-state index is 12.0. The van der Waals surface area contributed by atoms with Crippen molar-refractivity contribution in [2.75, 3.05) is 26.0 Å². The summed E-state index contributed by atoms with van der Waals surface area (Å²) in [6.45, 7) is 3.86. The Morgan fingerprint density at radius 1 is 1.43 bits per heavy atom. The van der Waals surface area contributed by atoms with Crippen LogP contribution in [0, 0.1) is 6.92 Å². The predicted octanol–water partition coefficient (Wildman–Crippen LogP) is 1.86. The lowest BCUT2D eigenvalue weighted by Crippen LogP contribution is -2.31. The highest BCUT2D eigenvalue weighted by Gasteiger charge is 2.34. The quantitative estimate of drug-likeness (QED) is 0.808. The van der Waals surface area contributed by atoms with Crippen molar-refractivity contribution in [3.05, 3.63) is 47.3 Å². The summed E-state index contributed by atoms with van der Waals surface area (Å²) in [7, 11) is 1.64. The smallest absolute Gasteiger partial charge is 0.233 e. The van der Waals surface area contributed by atoms with Crippen LogP contribution in [0.1, 0.15) is 22.2 Å². The molecule has 23 heavy (non-hydrogen) atoms. The van der Waals surface area contributed by atoms with Crippen molar-refractivity contribution in [3.63, 3.8) is 0 Å². The maximum absolute atomic E-state index is 12.0. The van der Waals surface area contributed by atoms with Gasteiger partial charge in [-0.2, -0.15) is 0 Å². The molecule has 2 heterocycles. The molecule has 7 heteroatoms. The number of aryl methyl sites for hydroxylation is 1. The molecule has 1 amide bonds. The predicted molar refractivity (Wildman–Crippen MR) is 89.1 cm³/mol. The first-order valence-electron chi connectivity index (χ1n) is 7.53. The molecule has 0 N–H and O–H groups in total. The van der Waals surface area contributed by atoms with Crippen LogP contribution < -0.4 is 0 Å². The van der Waals surface area contributed by atoms with Crippen molar-refractivity contribution in [1.82, 2.24) is 19.9 Å². The summed E-state index contributed by atoms with van der Waals surface area (Å²) in [5, 5.41) is 8.41. The minimum absolute atomic E-state index is 0.0658. The number of nitrogens with zero attached hydrogens (tertiary/aromatic N) is 4. The average molecular weight is 332 g/mol. The molecular formula is C16H20N4O2S. The van der Waals surface area contributed by atoms with Crippen molar-refractivity contribution in [3.8, 4) is 0 Å². The molecule has 0 aliphatic carbocycles. The molecule has 1 aliphatic heterocycles. The fourth-order valence-electron chi connectivity index (χ4n) is 2.63. The lowest BCUT2D eigenvalue weighted by Gasteiger charge is -2.21. The first-order chi connectivity index (χ1) is 11.2. The van der Waals surface area contributed by atoms with Gasteiger partial charge in [-0.05, 0) is 12.5 Å². The van der Waals surface area contributed by atoms with Crippen LogP contribution in [-0.2, 0) is 16.1 Å². The van der Waals surface area contributed by atoms with Gasteiger partial charge in [0.2, 0.25) is 5.91 Å². The van der Waals surface area contributed by atoms with E-state index in [1.165, 1.54) is 11.1 Å². The Morgan fingerprint density at radius 3 is 3.09 bits per heavy atom. The van der Waals surface area contributed by atoms with E-state index >= 15 is 0 Å². The Balaban J connectivity index is 1.72. The molecule has 0 spiro atoms. The normalized spacial score (nSPS) is 17.9. The van der Waals surface area contributed by atoms with E-state index < -0.39 is 0 Å². The Labute approximate surface area is 139 Å². The number of hydrogen-bond acceptors (Lipinski definition) is 5. The summed E-state index contributed by atoms with van der Waals surface area (Å²) in [5.41, 5.74) is 3.24. The molecule has 1 saturated heterocycles. The monoisotopic (exact) mass is 332 g/mol. The Morgan fingerprint density at radius 2 is 2.30 bits per heavy atom. The van der Waals surface area contributed by atoms with Crippen LogP contribution in [0.2, 0.25) is 0 Å². The van der Waals surface area contributed by atoms with Crippen LogP contribution in [0.15, 0.2) is 30.5 Å². The zero-order valence-corrected chi connectivity index (χ0v) is 14.1. The van der Waals surface area contributed by atoms with Gasteiger partial charge in [0.05, 0.1) is 25.1 Å². The molecule has 3 rings (SSSR count). The molecule has 6 nitrogen and oxygen atoms in total.